The predicted octanol–water partition coefficient (Wildman–Crippen LogP) is 2.47. The van der Waals surface area contributed by atoms with Crippen molar-refractivity contribution >= 4 is 11.7 Å². The van der Waals surface area contributed by atoms with Crippen LogP contribution in [0.3, 0.4) is 0 Å². The molecule has 1 saturated heterocycles. The van der Waals surface area contributed by atoms with Crippen LogP contribution in [0.1, 0.15) is 31.7 Å². The average molecular weight is 248 g/mol. The molecule has 1 fully saturated rings. The van der Waals surface area contributed by atoms with Crippen LogP contribution in [0.2, 0.25) is 0 Å². The lowest BCUT2D eigenvalue weighted by atomic mass is 9.83. The molecule has 2 heterocycles. The van der Waals surface area contributed by atoms with Gasteiger partial charge in [-0.15, -0.1) is 0 Å². The van der Waals surface area contributed by atoms with Crippen molar-refractivity contribution in [3.8, 4) is 0 Å². The van der Waals surface area contributed by atoms with Crippen molar-refractivity contribution in [2.24, 2.45) is 5.41 Å². The number of hydrogen-bond donors (Lipinski definition) is 1. The Morgan fingerprint density at radius 1 is 1.61 bits per heavy atom. The largest absolute Gasteiger partial charge is 0.481 e. The van der Waals surface area contributed by atoms with Crippen LogP contribution >= 0.6 is 0 Å². The average Bonchev–Trinajstić information content (AvgIpc) is 2.76. The topological polar surface area (TPSA) is 53.4 Å². The van der Waals surface area contributed by atoms with Crippen molar-refractivity contribution < 1.29 is 9.90 Å². The molecule has 1 unspecified atom stereocenters. The molecule has 18 heavy (non-hydrogen) atoms. The van der Waals surface area contributed by atoms with Gasteiger partial charge >= 0.3 is 5.97 Å². The zero-order chi connectivity index (χ0) is 13.2. The minimum Gasteiger partial charge on any atom is -0.481 e. The maximum absolute atomic E-state index is 11.5. The van der Waals surface area contributed by atoms with E-state index in [0.29, 0.717) is 6.54 Å². The standard InChI is InChI=1S/C14H20N2O2/c1-3-5-14(13(17)18)6-8-16(10-14)12-4-7-15-9-11(12)2/h4,7,9H,3,5-6,8,10H2,1-2H3,(H,17,18). The van der Waals surface area contributed by atoms with Crippen LogP contribution in [0.25, 0.3) is 0 Å². The van der Waals surface area contributed by atoms with Crippen LogP contribution in [-0.2, 0) is 4.79 Å². The first-order valence-electron chi connectivity index (χ1n) is 6.48. The van der Waals surface area contributed by atoms with Gasteiger partial charge < -0.3 is 10.0 Å². The van der Waals surface area contributed by atoms with Crippen LogP contribution in [-0.4, -0.2) is 29.1 Å². The van der Waals surface area contributed by atoms with Gasteiger partial charge in [0.25, 0.3) is 0 Å². The lowest BCUT2D eigenvalue weighted by Crippen LogP contribution is -2.34. The Labute approximate surface area is 108 Å². The zero-order valence-electron chi connectivity index (χ0n) is 11.0. The van der Waals surface area contributed by atoms with Crippen LogP contribution in [0.4, 0.5) is 5.69 Å². The number of anilines is 1. The highest BCUT2D eigenvalue weighted by molar-refractivity contribution is 5.77. The third-order valence-electron chi connectivity index (χ3n) is 3.87. The lowest BCUT2D eigenvalue weighted by Gasteiger charge is -2.25. The molecule has 1 aromatic heterocycles. The third-order valence-corrected chi connectivity index (χ3v) is 3.87. The second-order valence-electron chi connectivity index (χ2n) is 5.17. The summed E-state index contributed by atoms with van der Waals surface area (Å²) >= 11 is 0. The minimum absolute atomic E-state index is 0.565. The predicted molar refractivity (Wildman–Crippen MR) is 70.8 cm³/mol. The van der Waals surface area contributed by atoms with Gasteiger partial charge in [-0.2, -0.15) is 0 Å². The van der Waals surface area contributed by atoms with E-state index in [4.69, 9.17) is 0 Å². The van der Waals surface area contributed by atoms with E-state index in [1.165, 1.54) is 0 Å². The van der Waals surface area contributed by atoms with Gasteiger partial charge in [-0.1, -0.05) is 13.3 Å². The Morgan fingerprint density at radius 3 is 3.00 bits per heavy atom. The second-order valence-corrected chi connectivity index (χ2v) is 5.17. The summed E-state index contributed by atoms with van der Waals surface area (Å²) in [5.41, 5.74) is 1.66. The Kier molecular flexibility index (Phi) is 3.55. The Balaban J connectivity index is 2.21. The fourth-order valence-electron chi connectivity index (χ4n) is 2.86. The maximum Gasteiger partial charge on any atom is 0.311 e. The number of rotatable bonds is 4. The number of aliphatic carboxylic acids is 1. The highest BCUT2D eigenvalue weighted by Crippen LogP contribution is 2.38. The van der Waals surface area contributed by atoms with Gasteiger partial charge in [0, 0.05) is 31.2 Å². The monoisotopic (exact) mass is 248 g/mol. The van der Waals surface area contributed by atoms with Gasteiger partial charge in [0.1, 0.15) is 0 Å². The van der Waals surface area contributed by atoms with Crippen molar-refractivity contribution in [2.45, 2.75) is 33.1 Å². The summed E-state index contributed by atoms with van der Waals surface area (Å²) in [7, 11) is 0. The number of nitrogens with zero attached hydrogens (tertiary/aromatic N) is 2. The number of aromatic nitrogens is 1. The molecule has 0 saturated carbocycles. The third kappa shape index (κ3) is 2.19. The molecule has 0 aliphatic carbocycles. The van der Waals surface area contributed by atoms with E-state index < -0.39 is 11.4 Å². The van der Waals surface area contributed by atoms with Crippen molar-refractivity contribution in [1.82, 2.24) is 4.98 Å². The molecule has 0 spiro atoms. The number of pyridine rings is 1. The molecule has 1 atom stereocenters. The summed E-state index contributed by atoms with van der Waals surface area (Å²) in [6.07, 6.45) is 6.00. The fourth-order valence-corrected chi connectivity index (χ4v) is 2.86. The molecule has 1 aromatic rings. The zero-order valence-corrected chi connectivity index (χ0v) is 11.0. The molecule has 1 aliphatic heterocycles. The number of carboxylic acids is 1. The summed E-state index contributed by atoms with van der Waals surface area (Å²) < 4.78 is 0. The van der Waals surface area contributed by atoms with E-state index in [1.54, 1.807) is 6.20 Å². The molecule has 1 aliphatic rings. The number of hydrogen-bond acceptors (Lipinski definition) is 3. The van der Waals surface area contributed by atoms with Crippen molar-refractivity contribution in [2.75, 3.05) is 18.0 Å². The molecule has 0 radical (unpaired) electrons. The fraction of sp³-hybridized carbons (Fsp3) is 0.571. The minimum atomic E-state index is -0.654. The maximum atomic E-state index is 11.5. The first-order chi connectivity index (χ1) is 8.59. The van der Waals surface area contributed by atoms with Gasteiger partial charge in [-0.3, -0.25) is 9.78 Å². The molecule has 0 bridgehead atoms. The normalized spacial score (nSPS) is 23.3. The van der Waals surface area contributed by atoms with E-state index >= 15 is 0 Å². The summed E-state index contributed by atoms with van der Waals surface area (Å²) in [6, 6.07) is 1.97. The van der Waals surface area contributed by atoms with Crippen molar-refractivity contribution in [3.05, 3.63) is 24.0 Å². The van der Waals surface area contributed by atoms with Crippen LogP contribution in [0.5, 0.6) is 0 Å². The first kappa shape index (κ1) is 12.9. The van der Waals surface area contributed by atoms with Gasteiger partial charge in [0.15, 0.2) is 0 Å². The highest BCUT2D eigenvalue weighted by atomic mass is 16.4. The molecule has 0 amide bonds. The van der Waals surface area contributed by atoms with E-state index in [-0.39, 0.29) is 0 Å². The SMILES string of the molecule is CCCC1(C(=O)O)CCN(c2ccncc2C)C1. The molecule has 4 nitrogen and oxygen atoms in total. The molecular formula is C14H20N2O2. The molecular weight excluding hydrogens is 228 g/mol. The first-order valence-corrected chi connectivity index (χ1v) is 6.48. The number of carboxylic acid groups (broad SMARTS) is 1. The number of carbonyl (C=O) groups is 1. The molecule has 98 valence electrons. The summed E-state index contributed by atoms with van der Waals surface area (Å²) in [4.78, 5) is 17.8. The van der Waals surface area contributed by atoms with Crippen molar-refractivity contribution in [1.29, 1.82) is 0 Å². The van der Waals surface area contributed by atoms with Gasteiger partial charge in [-0.05, 0) is 31.4 Å². The molecule has 0 aromatic carbocycles. The Morgan fingerprint density at radius 2 is 2.39 bits per heavy atom. The van der Waals surface area contributed by atoms with Gasteiger partial charge in [0.05, 0.1) is 5.41 Å². The van der Waals surface area contributed by atoms with E-state index in [1.807, 2.05) is 26.1 Å². The van der Waals surface area contributed by atoms with Gasteiger partial charge in [0.2, 0.25) is 0 Å². The summed E-state index contributed by atoms with van der Waals surface area (Å²) in [5.74, 6) is -0.654. The number of aryl methyl sites for hydroxylation is 1. The Bertz CT molecular complexity index is 447. The van der Waals surface area contributed by atoms with E-state index in [2.05, 4.69) is 9.88 Å². The molecule has 2 rings (SSSR count). The molecule has 4 heteroatoms. The van der Waals surface area contributed by atoms with E-state index in [9.17, 15) is 9.90 Å². The van der Waals surface area contributed by atoms with Crippen molar-refractivity contribution in [3.63, 3.8) is 0 Å². The van der Waals surface area contributed by atoms with Crippen LogP contribution < -0.4 is 4.90 Å². The van der Waals surface area contributed by atoms with Crippen LogP contribution in [0.15, 0.2) is 18.5 Å². The van der Waals surface area contributed by atoms with Gasteiger partial charge in [-0.25, -0.2) is 0 Å². The van der Waals surface area contributed by atoms with Crippen LogP contribution in [0, 0.1) is 12.3 Å². The highest BCUT2D eigenvalue weighted by Gasteiger charge is 2.44. The van der Waals surface area contributed by atoms with E-state index in [0.717, 1.165) is 37.1 Å². The second kappa shape index (κ2) is 4.96. The summed E-state index contributed by atoms with van der Waals surface area (Å²) in [6.45, 7) is 5.49. The smallest absolute Gasteiger partial charge is 0.311 e. The Hall–Kier alpha value is -1.58. The molecule has 1 N–H and O–H groups in total. The quantitative estimate of drug-likeness (QED) is 0.889. The summed E-state index contributed by atoms with van der Waals surface area (Å²) in [5, 5.41) is 9.49. The lowest BCUT2D eigenvalue weighted by molar-refractivity contribution is -0.148.